The smallest absolute Gasteiger partial charge is 0.338 e. The highest BCUT2D eigenvalue weighted by atomic mass is 35.5. The number of nitrogens with zero attached hydrogens (tertiary/aromatic N) is 4. The molecule has 0 unspecified atom stereocenters. The number of aromatic nitrogens is 5. The molecule has 1 N–H and O–H groups in total. The van der Waals surface area contributed by atoms with Crippen LogP contribution in [-0.4, -0.2) is 24.9 Å². The summed E-state index contributed by atoms with van der Waals surface area (Å²) in [6.45, 7) is 2.72. The van der Waals surface area contributed by atoms with Crippen LogP contribution in [0.4, 0.5) is 0 Å². The maximum absolute atomic E-state index is 11.7. The van der Waals surface area contributed by atoms with Crippen molar-refractivity contribution in [3.8, 4) is 11.4 Å². The summed E-state index contributed by atoms with van der Waals surface area (Å²) in [4.78, 5) is 16.1. The lowest BCUT2D eigenvalue weighted by atomic mass is 10.2. The van der Waals surface area contributed by atoms with Gasteiger partial charge in [0.05, 0.1) is 10.8 Å². The summed E-state index contributed by atoms with van der Waals surface area (Å²) in [6, 6.07) is 7.32. The first-order valence-electron chi connectivity index (χ1n) is 7.54. The molecular weight excluding hydrogens is 350 g/mol. The molecule has 0 aliphatic carbocycles. The Balaban J connectivity index is 1.70. The van der Waals surface area contributed by atoms with Gasteiger partial charge in [0.25, 0.3) is 0 Å². The highest BCUT2D eigenvalue weighted by Gasteiger charge is 2.14. The molecule has 0 saturated carbocycles. The molecule has 126 valence electrons. The third-order valence-electron chi connectivity index (χ3n) is 3.37. The molecule has 24 heavy (non-hydrogen) atoms. The summed E-state index contributed by atoms with van der Waals surface area (Å²) in [7, 11) is 0. The van der Waals surface area contributed by atoms with Crippen molar-refractivity contribution in [1.82, 2.24) is 24.9 Å². The van der Waals surface area contributed by atoms with E-state index in [1.54, 1.807) is 10.6 Å². The van der Waals surface area contributed by atoms with E-state index in [2.05, 4.69) is 27.3 Å². The van der Waals surface area contributed by atoms with E-state index in [9.17, 15) is 4.79 Å². The summed E-state index contributed by atoms with van der Waals surface area (Å²) in [5.74, 6) is 1.32. The van der Waals surface area contributed by atoms with Crippen molar-refractivity contribution in [1.29, 1.82) is 0 Å². The van der Waals surface area contributed by atoms with Gasteiger partial charge in [-0.05, 0) is 18.6 Å². The Morgan fingerprint density at radius 3 is 3.00 bits per heavy atom. The summed E-state index contributed by atoms with van der Waals surface area (Å²) in [5, 5.41) is 11.7. The fourth-order valence-electron chi connectivity index (χ4n) is 2.12. The first-order valence-corrected chi connectivity index (χ1v) is 8.91. The van der Waals surface area contributed by atoms with Gasteiger partial charge >= 0.3 is 5.69 Å². The monoisotopic (exact) mass is 365 g/mol. The van der Waals surface area contributed by atoms with Gasteiger partial charge in [-0.25, -0.2) is 9.89 Å². The molecule has 0 spiro atoms. The van der Waals surface area contributed by atoms with Gasteiger partial charge in [0.1, 0.15) is 0 Å². The summed E-state index contributed by atoms with van der Waals surface area (Å²) >= 11 is 7.51. The molecule has 1 aromatic carbocycles. The van der Waals surface area contributed by atoms with Crippen molar-refractivity contribution in [2.24, 2.45) is 0 Å². The molecule has 9 heteroatoms. The second-order valence-electron chi connectivity index (χ2n) is 5.10. The number of hydrogen-bond acceptors (Lipinski definition) is 6. The number of H-pyrrole nitrogens is 1. The predicted molar refractivity (Wildman–Crippen MR) is 92.1 cm³/mol. The van der Waals surface area contributed by atoms with Crippen LogP contribution < -0.4 is 5.69 Å². The molecular formula is C15H16ClN5O2S. The minimum absolute atomic E-state index is 0.201. The quantitative estimate of drug-likeness (QED) is 0.645. The molecule has 0 aliphatic rings. The molecule has 0 saturated heterocycles. The Hall–Kier alpha value is -2.06. The zero-order valence-electron chi connectivity index (χ0n) is 13.0. The second kappa shape index (κ2) is 7.67. The zero-order valence-corrected chi connectivity index (χ0v) is 14.6. The molecule has 0 amide bonds. The molecule has 7 nitrogen and oxygen atoms in total. The fraction of sp³-hybridized carbons (Fsp3) is 0.333. The number of aromatic amines is 1. The minimum Gasteiger partial charge on any atom is -0.338 e. The van der Waals surface area contributed by atoms with Crippen LogP contribution in [0.15, 0.2) is 38.7 Å². The maximum Gasteiger partial charge on any atom is 0.343 e. The lowest BCUT2D eigenvalue weighted by Gasteiger charge is -2.02. The maximum atomic E-state index is 11.7. The number of rotatable bonds is 7. The van der Waals surface area contributed by atoms with E-state index in [0.717, 1.165) is 18.4 Å². The van der Waals surface area contributed by atoms with Crippen molar-refractivity contribution in [3.63, 3.8) is 0 Å². The Morgan fingerprint density at radius 1 is 1.38 bits per heavy atom. The van der Waals surface area contributed by atoms with Gasteiger partial charge in [-0.3, -0.25) is 4.57 Å². The highest BCUT2D eigenvalue weighted by molar-refractivity contribution is 7.98. The number of benzene rings is 1. The van der Waals surface area contributed by atoms with Crippen molar-refractivity contribution < 1.29 is 4.52 Å². The SMILES string of the molecule is CCCCn1c(SCc2nc(-c3ccccc3Cl)no2)n[nH]c1=O. The molecule has 0 aliphatic heterocycles. The van der Waals surface area contributed by atoms with Crippen LogP contribution in [0.3, 0.4) is 0 Å². The van der Waals surface area contributed by atoms with Crippen molar-refractivity contribution in [2.75, 3.05) is 0 Å². The third kappa shape index (κ3) is 3.70. The van der Waals surface area contributed by atoms with E-state index >= 15 is 0 Å². The van der Waals surface area contributed by atoms with Crippen LogP contribution in [0.5, 0.6) is 0 Å². The Labute approximate surface area is 147 Å². The lowest BCUT2D eigenvalue weighted by molar-refractivity contribution is 0.391. The van der Waals surface area contributed by atoms with E-state index in [0.29, 0.717) is 34.2 Å². The number of halogens is 1. The van der Waals surface area contributed by atoms with E-state index in [-0.39, 0.29) is 5.69 Å². The first-order chi connectivity index (χ1) is 11.7. The van der Waals surface area contributed by atoms with Crippen LogP contribution in [0, 0.1) is 0 Å². The molecule has 0 radical (unpaired) electrons. The number of unbranched alkanes of at least 4 members (excludes halogenated alkanes) is 1. The average molecular weight is 366 g/mol. The minimum atomic E-state index is -0.201. The second-order valence-corrected chi connectivity index (χ2v) is 6.45. The molecule has 3 aromatic rings. The molecule has 0 bridgehead atoms. The molecule has 3 rings (SSSR count). The molecule has 0 fully saturated rings. The van der Waals surface area contributed by atoms with Crippen molar-refractivity contribution >= 4 is 23.4 Å². The normalized spacial score (nSPS) is 11.1. The van der Waals surface area contributed by atoms with Crippen LogP contribution >= 0.6 is 23.4 Å². The van der Waals surface area contributed by atoms with E-state index in [1.807, 2.05) is 18.2 Å². The van der Waals surface area contributed by atoms with Crippen molar-refractivity contribution in [3.05, 3.63) is 45.7 Å². The Bertz CT molecular complexity index is 873. The van der Waals surface area contributed by atoms with Gasteiger partial charge in [-0.2, -0.15) is 4.98 Å². The topological polar surface area (TPSA) is 89.6 Å². The standard InChI is InChI=1S/C15H16ClN5O2S/c1-2-3-8-21-14(22)18-19-15(21)24-9-12-17-13(20-23-12)10-6-4-5-7-11(10)16/h4-7H,2-3,8-9H2,1H3,(H,18,22). The van der Waals surface area contributed by atoms with Gasteiger partial charge < -0.3 is 4.52 Å². The van der Waals surface area contributed by atoms with Crippen LogP contribution in [0.25, 0.3) is 11.4 Å². The van der Waals surface area contributed by atoms with E-state index in [4.69, 9.17) is 16.1 Å². The molecule has 0 atom stereocenters. The van der Waals surface area contributed by atoms with Crippen LogP contribution in [0.2, 0.25) is 5.02 Å². The zero-order chi connectivity index (χ0) is 16.9. The number of nitrogens with one attached hydrogen (secondary N) is 1. The van der Waals surface area contributed by atoms with Crippen LogP contribution in [0.1, 0.15) is 25.7 Å². The molecule has 2 heterocycles. The Morgan fingerprint density at radius 2 is 2.21 bits per heavy atom. The lowest BCUT2D eigenvalue weighted by Crippen LogP contribution is -2.17. The predicted octanol–water partition coefficient (Wildman–Crippen LogP) is 3.37. The average Bonchev–Trinajstić information content (AvgIpc) is 3.18. The van der Waals surface area contributed by atoms with E-state index < -0.39 is 0 Å². The largest absolute Gasteiger partial charge is 0.343 e. The van der Waals surface area contributed by atoms with Gasteiger partial charge in [0.2, 0.25) is 11.7 Å². The van der Waals surface area contributed by atoms with Crippen molar-refractivity contribution in [2.45, 2.75) is 37.2 Å². The molecule has 2 aromatic heterocycles. The first kappa shape index (κ1) is 16.8. The van der Waals surface area contributed by atoms with Gasteiger partial charge in [-0.1, -0.05) is 54.0 Å². The summed E-state index contributed by atoms with van der Waals surface area (Å²) in [5.41, 5.74) is 0.520. The Kier molecular flexibility index (Phi) is 5.37. The van der Waals surface area contributed by atoms with Crippen LogP contribution in [-0.2, 0) is 12.3 Å². The number of hydrogen-bond donors (Lipinski definition) is 1. The van der Waals surface area contributed by atoms with Gasteiger partial charge in [-0.15, -0.1) is 5.10 Å². The van der Waals surface area contributed by atoms with E-state index in [1.165, 1.54) is 11.8 Å². The third-order valence-corrected chi connectivity index (χ3v) is 4.66. The number of thioether (sulfide) groups is 1. The highest BCUT2D eigenvalue weighted by Crippen LogP contribution is 2.26. The summed E-state index contributed by atoms with van der Waals surface area (Å²) < 4.78 is 6.88. The summed E-state index contributed by atoms with van der Waals surface area (Å²) in [6.07, 6.45) is 1.93. The fourth-order valence-corrected chi connectivity index (χ4v) is 3.15. The van der Waals surface area contributed by atoms with Gasteiger partial charge in [0, 0.05) is 12.1 Å². The van der Waals surface area contributed by atoms with Gasteiger partial charge in [0.15, 0.2) is 5.16 Å².